The van der Waals surface area contributed by atoms with Crippen molar-refractivity contribution < 1.29 is 19.3 Å². The summed E-state index contributed by atoms with van der Waals surface area (Å²) in [5.41, 5.74) is 2.02. The SMILES string of the molecule is COc1ccc(CN[C@H]2COC[C@H]2O)c(OC)c1C. The van der Waals surface area contributed by atoms with Crippen molar-refractivity contribution in [3.8, 4) is 11.5 Å². The molecule has 0 unspecified atom stereocenters. The second-order valence-electron chi connectivity index (χ2n) is 4.68. The summed E-state index contributed by atoms with van der Waals surface area (Å²) in [6, 6.07) is 3.88. The lowest BCUT2D eigenvalue weighted by Gasteiger charge is -2.18. The van der Waals surface area contributed by atoms with Crippen LogP contribution in [0.3, 0.4) is 0 Å². The molecule has 0 spiro atoms. The van der Waals surface area contributed by atoms with Crippen LogP contribution in [0.4, 0.5) is 0 Å². The predicted molar refractivity (Wildman–Crippen MR) is 71.7 cm³/mol. The molecule has 0 radical (unpaired) electrons. The third-order valence-corrected chi connectivity index (χ3v) is 3.47. The lowest BCUT2D eigenvalue weighted by molar-refractivity contribution is 0.122. The molecule has 2 rings (SSSR count). The average molecular weight is 267 g/mol. The number of ether oxygens (including phenoxy) is 3. The molecule has 0 aromatic heterocycles. The minimum Gasteiger partial charge on any atom is -0.496 e. The number of aliphatic hydroxyl groups excluding tert-OH is 1. The number of benzene rings is 1. The zero-order valence-corrected chi connectivity index (χ0v) is 11.6. The first kappa shape index (κ1) is 14.1. The Bertz CT molecular complexity index is 436. The summed E-state index contributed by atoms with van der Waals surface area (Å²) >= 11 is 0. The predicted octanol–water partition coefficient (Wildman–Crippen LogP) is 0.862. The van der Waals surface area contributed by atoms with Crippen molar-refractivity contribution in [3.63, 3.8) is 0 Å². The van der Waals surface area contributed by atoms with Crippen molar-refractivity contribution in [2.45, 2.75) is 25.6 Å². The van der Waals surface area contributed by atoms with E-state index in [1.54, 1.807) is 14.2 Å². The van der Waals surface area contributed by atoms with Gasteiger partial charge in [0.2, 0.25) is 0 Å². The first-order valence-electron chi connectivity index (χ1n) is 6.37. The van der Waals surface area contributed by atoms with Crippen LogP contribution in [-0.4, -0.2) is 44.7 Å². The van der Waals surface area contributed by atoms with Crippen molar-refractivity contribution in [2.24, 2.45) is 0 Å². The van der Waals surface area contributed by atoms with Crippen LogP contribution in [0.5, 0.6) is 11.5 Å². The molecular formula is C14H21NO4. The van der Waals surface area contributed by atoms with Gasteiger partial charge in [0.15, 0.2) is 0 Å². The van der Waals surface area contributed by atoms with Gasteiger partial charge in [0.1, 0.15) is 11.5 Å². The molecule has 0 bridgehead atoms. The van der Waals surface area contributed by atoms with Gasteiger partial charge in [-0.25, -0.2) is 0 Å². The van der Waals surface area contributed by atoms with Gasteiger partial charge in [-0.2, -0.15) is 0 Å². The highest BCUT2D eigenvalue weighted by atomic mass is 16.5. The van der Waals surface area contributed by atoms with E-state index >= 15 is 0 Å². The molecule has 1 saturated heterocycles. The second-order valence-corrected chi connectivity index (χ2v) is 4.68. The van der Waals surface area contributed by atoms with Crippen molar-refractivity contribution >= 4 is 0 Å². The van der Waals surface area contributed by atoms with Crippen LogP contribution in [0.1, 0.15) is 11.1 Å². The molecule has 5 nitrogen and oxygen atoms in total. The molecule has 0 amide bonds. The van der Waals surface area contributed by atoms with Crippen LogP contribution < -0.4 is 14.8 Å². The van der Waals surface area contributed by atoms with Crippen LogP contribution in [0, 0.1) is 6.92 Å². The molecule has 1 aliphatic heterocycles. The number of hydrogen-bond acceptors (Lipinski definition) is 5. The molecule has 1 aromatic rings. The lowest BCUT2D eigenvalue weighted by Crippen LogP contribution is -2.38. The molecule has 106 valence electrons. The molecule has 0 saturated carbocycles. The molecule has 2 N–H and O–H groups in total. The second kappa shape index (κ2) is 6.23. The Hall–Kier alpha value is -1.30. The number of rotatable bonds is 5. The Morgan fingerprint density at radius 2 is 2.11 bits per heavy atom. The highest BCUT2D eigenvalue weighted by Crippen LogP contribution is 2.31. The summed E-state index contributed by atoms with van der Waals surface area (Å²) in [5, 5.41) is 13.0. The van der Waals surface area contributed by atoms with Crippen molar-refractivity contribution in [1.29, 1.82) is 0 Å². The third kappa shape index (κ3) is 3.00. The molecule has 2 atom stereocenters. The molecule has 1 heterocycles. The van der Waals surface area contributed by atoms with E-state index in [-0.39, 0.29) is 6.04 Å². The smallest absolute Gasteiger partial charge is 0.129 e. The zero-order chi connectivity index (χ0) is 13.8. The Balaban J connectivity index is 2.09. The molecule has 19 heavy (non-hydrogen) atoms. The summed E-state index contributed by atoms with van der Waals surface area (Å²) in [6.07, 6.45) is -0.439. The van der Waals surface area contributed by atoms with E-state index in [0.29, 0.717) is 19.8 Å². The topological polar surface area (TPSA) is 60.0 Å². The van der Waals surface area contributed by atoms with Gasteiger partial charge in [0.05, 0.1) is 39.6 Å². The summed E-state index contributed by atoms with van der Waals surface area (Å²) in [4.78, 5) is 0. The maximum atomic E-state index is 9.69. The monoisotopic (exact) mass is 267 g/mol. The summed E-state index contributed by atoms with van der Waals surface area (Å²) in [5.74, 6) is 1.63. The normalized spacial score (nSPS) is 22.5. The van der Waals surface area contributed by atoms with E-state index in [1.807, 2.05) is 19.1 Å². The first-order chi connectivity index (χ1) is 9.17. The number of nitrogens with one attached hydrogen (secondary N) is 1. The maximum absolute atomic E-state index is 9.69. The minimum absolute atomic E-state index is 0.0212. The molecular weight excluding hydrogens is 246 g/mol. The lowest BCUT2D eigenvalue weighted by atomic mass is 10.1. The Morgan fingerprint density at radius 3 is 2.68 bits per heavy atom. The highest BCUT2D eigenvalue weighted by molar-refractivity contribution is 5.49. The van der Waals surface area contributed by atoms with Gasteiger partial charge in [-0.3, -0.25) is 0 Å². The van der Waals surface area contributed by atoms with E-state index in [0.717, 1.165) is 22.6 Å². The van der Waals surface area contributed by atoms with E-state index in [9.17, 15) is 5.11 Å². The molecule has 1 fully saturated rings. The molecule has 5 heteroatoms. The van der Waals surface area contributed by atoms with Crippen LogP contribution in [-0.2, 0) is 11.3 Å². The number of methoxy groups -OCH3 is 2. The van der Waals surface area contributed by atoms with Gasteiger partial charge in [0.25, 0.3) is 0 Å². The standard InChI is InChI=1S/C14H21NO4/c1-9-13(17-2)5-4-10(14(9)18-3)6-15-11-7-19-8-12(11)16/h4-5,11-12,15-16H,6-8H2,1-3H3/t11-,12+/m0/s1. The van der Waals surface area contributed by atoms with Crippen LogP contribution in [0.2, 0.25) is 0 Å². The average Bonchev–Trinajstić information content (AvgIpc) is 2.82. The van der Waals surface area contributed by atoms with Gasteiger partial charge in [-0.15, -0.1) is 0 Å². The third-order valence-electron chi connectivity index (χ3n) is 3.47. The van der Waals surface area contributed by atoms with Crippen molar-refractivity contribution in [1.82, 2.24) is 5.32 Å². The Kier molecular flexibility index (Phi) is 4.63. The quantitative estimate of drug-likeness (QED) is 0.828. The fourth-order valence-electron chi connectivity index (χ4n) is 2.35. The Morgan fingerprint density at radius 1 is 1.32 bits per heavy atom. The summed E-state index contributed by atoms with van der Waals surface area (Å²) < 4.78 is 15.9. The van der Waals surface area contributed by atoms with Gasteiger partial charge in [0, 0.05) is 17.7 Å². The fourth-order valence-corrected chi connectivity index (χ4v) is 2.35. The fraction of sp³-hybridized carbons (Fsp3) is 0.571. The Labute approximate surface area is 113 Å². The molecule has 0 aliphatic carbocycles. The largest absolute Gasteiger partial charge is 0.496 e. The number of hydrogen-bond donors (Lipinski definition) is 2. The van der Waals surface area contributed by atoms with Gasteiger partial charge >= 0.3 is 0 Å². The highest BCUT2D eigenvalue weighted by Gasteiger charge is 2.25. The van der Waals surface area contributed by atoms with E-state index in [1.165, 1.54) is 0 Å². The van der Waals surface area contributed by atoms with Crippen LogP contribution in [0.15, 0.2) is 12.1 Å². The summed E-state index contributed by atoms with van der Waals surface area (Å²) in [7, 11) is 3.30. The van der Waals surface area contributed by atoms with E-state index in [2.05, 4.69) is 5.32 Å². The van der Waals surface area contributed by atoms with Crippen LogP contribution >= 0.6 is 0 Å². The zero-order valence-electron chi connectivity index (χ0n) is 11.6. The van der Waals surface area contributed by atoms with Crippen LogP contribution in [0.25, 0.3) is 0 Å². The van der Waals surface area contributed by atoms with E-state index in [4.69, 9.17) is 14.2 Å². The van der Waals surface area contributed by atoms with Gasteiger partial charge in [-0.05, 0) is 13.0 Å². The van der Waals surface area contributed by atoms with Gasteiger partial charge < -0.3 is 24.6 Å². The van der Waals surface area contributed by atoms with Crippen molar-refractivity contribution in [3.05, 3.63) is 23.3 Å². The van der Waals surface area contributed by atoms with Gasteiger partial charge in [-0.1, -0.05) is 6.07 Å². The molecule has 1 aromatic carbocycles. The number of aliphatic hydroxyl groups is 1. The minimum atomic E-state index is -0.439. The van der Waals surface area contributed by atoms with Crippen molar-refractivity contribution in [2.75, 3.05) is 27.4 Å². The first-order valence-corrected chi connectivity index (χ1v) is 6.37. The van der Waals surface area contributed by atoms with E-state index < -0.39 is 6.10 Å². The molecule has 1 aliphatic rings. The maximum Gasteiger partial charge on any atom is 0.129 e. The summed E-state index contributed by atoms with van der Waals surface area (Å²) in [6.45, 7) is 3.53.